The number of nitrogens with one attached hydrogen (secondary N) is 1. The number of carbonyl (C=O) groups is 1. The molecule has 0 aliphatic carbocycles. The molecule has 2 rings (SSSR count). The van der Waals surface area contributed by atoms with E-state index in [1.54, 1.807) is 24.3 Å². The van der Waals surface area contributed by atoms with Gasteiger partial charge in [0.05, 0.1) is 19.9 Å². The number of oxime groups is 1. The summed E-state index contributed by atoms with van der Waals surface area (Å²) in [6.45, 7) is -0.806. The van der Waals surface area contributed by atoms with Crippen LogP contribution in [0.1, 0.15) is 12.5 Å². The van der Waals surface area contributed by atoms with Crippen molar-refractivity contribution >= 4 is 17.8 Å². The molecule has 7 nitrogen and oxygen atoms in total. The molecule has 1 amide bonds. The van der Waals surface area contributed by atoms with Crippen molar-refractivity contribution < 1.29 is 32.6 Å². The molecule has 0 bridgehead atoms. The third kappa shape index (κ3) is 6.75. The van der Waals surface area contributed by atoms with Gasteiger partial charge in [0.2, 0.25) is 0 Å². The van der Waals surface area contributed by atoms with Crippen LogP contribution in [0.2, 0.25) is 0 Å². The lowest BCUT2D eigenvalue weighted by Gasteiger charge is -2.09. The van der Waals surface area contributed by atoms with Crippen LogP contribution < -0.4 is 19.5 Å². The zero-order valence-corrected chi connectivity index (χ0v) is 15.4. The van der Waals surface area contributed by atoms with Crippen LogP contribution in [0.4, 0.5) is 14.5 Å². The number of anilines is 1. The van der Waals surface area contributed by atoms with Gasteiger partial charge >= 0.3 is 6.61 Å². The van der Waals surface area contributed by atoms with Gasteiger partial charge in [0.1, 0.15) is 5.75 Å². The third-order valence-electron chi connectivity index (χ3n) is 3.32. The van der Waals surface area contributed by atoms with Gasteiger partial charge in [0, 0.05) is 11.3 Å². The van der Waals surface area contributed by atoms with E-state index in [2.05, 4.69) is 15.2 Å². The normalized spacial score (nSPS) is 10.8. The number of amides is 1. The molecule has 0 saturated heterocycles. The maximum absolute atomic E-state index is 12.3. The Labute approximate surface area is 160 Å². The number of alkyl halides is 2. The van der Waals surface area contributed by atoms with Crippen LogP contribution in [0.25, 0.3) is 0 Å². The highest BCUT2D eigenvalue weighted by Crippen LogP contribution is 2.28. The molecule has 0 radical (unpaired) electrons. The molecule has 2 aromatic carbocycles. The summed E-state index contributed by atoms with van der Waals surface area (Å²) in [5, 5.41) is 6.33. The van der Waals surface area contributed by atoms with Crippen molar-refractivity contribution in [1.82, 2.24) is 0 Å². The van der Waals surface area contributed by atoms with E-state index in [9.17, 15) is 13.6 Å². The summed E-state index contributed by atoms with van der Waals surface area (Å²) in [5.41, 5.74) is 1.12. The van der Waals surface area contributed by atoms with E-state index in [1.165, 1.54) is 31.5 Å². The van der Waals surface area contributed by atoms with Gasteiger partial charge in [-0.3, -0.25) is 4.79 Å². The van der Waals surface area contributed by atoms with Crippen LogP contribution >= 0.6 is 0 Å². The van der Waals surface area contributed by atoms with Crippen molar-refractivity contribution in [3.63, 3.8) is 0 Å². The smallest absolute Gasteiger partial charge is 0.387 e. The average Bonchev–Trinajstić information content (AvgIpc) is 2.67. The van der Waals surface area contributed by atoms with Gasteiger partial charge in [0.25, 0.3) is 5.91 Å². The first-order valence-electron chi connectivity index (χ1n) is 8.32. The lowest BCUT2D eigenvalue weighted by Crippen LogP contribution is -2.16. The van der Waals surface area contributed by atoms with Crippen LogP contribution in [-0.4, -0.2) is 39.1 Å². The Morgan fingerprint density at radius 3 is 2.57 bits per heavy atom. The topological polar surface area (TPSA) is 78.4 Å². The summed E-state index contributed by atoms with van der Waals surface area (Å²) < 4.78 is 39.2. The fourth-order valence-corrected chi connectivity index (χ4v) is 2.15. The highest BCUT2D eigenvalue weighted by atomic mass is 19.3. The Bertz CT molecular complexity index is 797. The molecular formula is C19H20F2N2O5. The summed E-state index contributed by atoms with van der Waals surface area (Å²) in [4.78, 5) is 16.8. The van der Waals surface area contributed by atoms with E-state index < -0.39 is 6.61 Å². The monoisotopic (exact) mass is 394 g/mol. The summed E-state index contributed by atoms with van der Waals surface area (Å²) >= 11 is 0. The lowest BCUT2D eigenvalue weighted by molar-refractivity contribution is -0.120. The van der Waals surface area contributed by atoms with Gasteiger partial charge < -0.3 is 24.4 Å². The maximum atomic E-state index is 12.3. The molecule has 0 atom stereocenters. The van der Waals surface area contributed by atoms with Crippen LogP contribution in [0.5, 0.6) is 17.2 Å². The second-order valence-electron chi connectivity index (χ2n) is 5.30. The zero-order valence-electron chi connectivity index (χ0n) is 15.4. The minimum absolute atomic E-state index is 0.0923. The molecular weight excluding hydrogens is 374 g/mol. The first kappa shape index (κ1) is 20.9. The molecule has 0 spiro atoms. The third-order valence-corrected chi connectivity index (χ3v) is 3.32. The van der Waals surface area contributed by atoms with Crippen molar-refractivity contribution in [3.05, 3.63) is 48.0 Å². The minimum Gasteiger partial charge on any atom is -0.494 e. The minimum atomic E-state index is -2.95. The highest BCUT2D eigenvalue weighted by molar-refractivity contribution is 5.91. The zero-order chi connectivity index (χ0) is 20.4. The van der Waals surface area contributed by atoms with Gasteiger partial charge in [0.15, 0.2) is 18.1 Å². The van der Waals surface area contributed by atoms with Gasteiger partial charge in [-0.2, -0.15) is 8.78 Å². The Kier molecular flexibility index (Phi) is 8.01. The van der Waals surface area contributed by atoms with E-state index in [4.69, 9.17) is 14.3 Å². The molecule has 0 aliphatic heterocycles. The van der Waals surface area contributed by atoms with E-state index in [-0.39, 0.29) is 24.0 Å². The van der Waals surface area contributed by atoms with Crippen LogP contribution in [0.3, 0.4) is 0 Å². The second-order valence-corrected chi connectivity index (χ2v) is 5.30. The Morgan fingerprint density at radius 1 is 1.18 bits per heavy atom. The largest absolute Gasteiger partial charge is 0.494 e. The highest BCUT2D eigenvalue weighted by Gasteiger charge is 2.10. The predicted molar refractivity (Wildman–Crippen MR) is 99.4 cm³/mol. The lowest BCUT2D eigenvalue weighted by atomic mass is 10.2. The van der Waals surface area contributed by atoms with Gasteiger partial charge in [-0.05, 0) is 49.4 Å². The van der Waals surface area contributed by atoms with Crippen molar-refractivity contribution in [2.45, 2.75) is 13.5 Å². The van der Waals surface area contributed by atoms with Crippen LogP contribution in [0.15, 0.2) is 47.6 Å². The van der Waals surface area contributed by atoms with Gasteiger partial charge in [-0.1, -0.05) is 5.16 Å². The summed E-state index contributed by atoms with van der Waals surface area (Å²) in [7, 11) is 1.33. The molecule has 150 valence electrons. The number of halogens is 2. The molecule has 0 heterocycles. The molecule has 28 heavy (non-hydrogen) atoms. The van der Waals surface area contributed by atoms with Crippen molar-refractivity contribution in [2.24, 2.45) is 5.16 Å². The Balaban J connectivity index is 1.83. The Hall–Kier alpha value is -3.36. The van der Waals surface area contributed by atoms with Crippen molar-refractivity contribution in [1.29, 1.82) is 0 Å². The molecule has 1 N–H and O–H groups in total. The van der Waals surface area contributed by atoms with E-state index in [1.807, 2.05) is 6.92 Å². The van der Waals surface area contributed by atoms with Crippen molar-refractivity contribution in [2.75, 3.05) is 25.6 Å². The number of carbonyl (C=O) groups excluding carboxylic acids is 1. The fraction of sp³-hybridized carbons (Fsp3) is 0.263. The number of benzene rings is 2. The van der Waals surface area contributed by atoms with Crippen LogP contribution in [-0.2, 0) is 9.63 Å². The summed E-state index contributed by atoms with van der Waals surface area (Å²) in [5.74, 6) is 0.351. The number of ether oxygens (including phenoxy) is 3. The predicted octanol–water partition coefficient (Wildman–Crippen LogP) is 3.68. The van der Waals surface area contributed by atoms with E-state index in [0.717, 1.165) is 0 Å². The quantitative estimate of drug-likeness (QED) is 0.491. The standard InChI is InChI=1S/C19H20F2N2O5/c1-3-26-15-7-5-14(6-8-15)23-18(24)12-27-22-11-13-4-9-16(28-19(20)21)17(10-13)25-2/h4-11,19H,3,12H2,1-2H3,(H,23,24)/b22-11-. The molecule has 0 fully saturated rings. The molecule has 0 saturated carbocycles. The number of rotatable bonds is 10. The van der Waals surface area contributed by atoms with Gasteiger partial charge in [-0.25, -0.2) is 0 Å². The van der Waals surface area contributed by atoms with Gasteiger partial charge in [-0.15, -0.1) is 0 Å². The summed E-state index contributed by atoms with van der Waals surface area (Å²) in [6.07, 6.45) is 1.32. The molecule has 0 unspecified atom stereocenters. The molecule has 2 aromatic rings. The number of nitrogens with zero attached hydrogens (tertiary/aromatic N) is 1. The Morgan fingerprint density at radius 2 is 1.93 bits per heavy atom. The van der Waals surface area contributed by atoms with E-state index >= 15 is 0 Å². The SMILES string of the molecule is CCOc1ccc(NC(=O)CO/N=C\c2ccc(OC(F)F)c(OC)c2)cc1. The average molecular weight is 394 g/mol. The molecule has 0 aliphatic rings. The number of methoxy groups -OCH3 is 1. The molecule has 9 heteroatoms. The fourth-order valence-electron chi connectivity index (χ4n) is 2.15. The second kappa shape index (κ2) is 10.7. The first-order chi connectivity index (χ1) is 13.5. The summed E-state index contributed by atoms with van der Waals surface area (Å²) in [6, 6.07) is 11.2. The van der Waals surface area contributed by atoms with Crippen molar-refractivity contribution in [3.8, 4) is 17.2 Å². The molecule has 0 aromatic heterocycles. The maximum Gasteiger partial charge on any atom is 0.387 e. The number of hydrogen-bond acceptors (Lipinski definition) is 6. The van der Waals surface area contributed by atoms with E-state index in [0.29, 0.717) is 23.6 Å². The van der Waals surface area contributed by atoms with Crippen LogP contribution in [0, 0.1) is 0 Å². The number of hydrogen-bond donors (Lipinski definition) is 1. The first-order valence-corrected chi connectivity index (χ1v) is 8.32.